The molecule has 0 saturated carbocycles. The number of amides is 1. The van der Waals surface area contributed by atoms with E-state index in [0.29, 0.717) is 18.7 Å². The van der Waals surface area contributed by atoms with Crippen molar-refractivity contribution in [1.29, 1.82) is 0 Å². The lowest BCUT2D eigenvalue weighted by Crippen LogP contribution is -2.25. The predicted octanol–water partition coefficient (Wildman–Crippen LogP) is 1.22. The molecular formula is C11H13IN2O2. The second-order valence-electron chi connectivity index (χ2n) is 3.96. The van der Waals surface area contributed by atoms with Gasteiger partial charge in [0.05, 0.1) is 11.4 Å². The molecule has 1 amide bonds. The Morgan fingerprint density at radius 3 is 2.94 bits per heavy atom. The number of aliphatic hydroxyl groups is 1. The van der Waals surface area contributed by atoms with Crippen molar-refractivity contribution in [3.8, 4) is 0 Å². The molecule has 0 aromatic heterocycles. The molecule has 1 aromatic carbocycles. The maximum Gasteiger partial charge on any atom is 0.227 e. The number of rotatable bonds is 2. The van der Waals surface area contributed by atoms with Crippen LogP contribution in [0.5, 0.6) is 0 Å². The molecule has 1 saturated heterocycles. The smallest absolute Gasteiger partial charge is 0.227 e. The molecule has 1 unspecified atom stereocenters. The van der Waals surface area contributed by atoms with Crippen molar-refractivity contribution in [2.45, 2.75) is 6.42 Å². The third-order valence-electron chi connectivity index (χ3n) is 2.75. The number of anilines is 2. The fraction of sp³-hybridized carbons (Fsp3) is 0.364. The van der Waals surface area contributed by atoms with E-state index in [-0.39, 0.29) is 18.4 Å². The molecule has 1 atom stereocenters. The van der Waals surface area contributed by atoms with Gasteiger partial charge in [-0.3, -0.25) is 4.79 Å². The highest BCUT2D eigenvalue weighted by Gasteiger charge is 2.30. The van der Waals surface area contributed by atoms with Crippen LogP contribution in [-0.4, -0.2) is 24.2 Å². The summed E-state index contributed by atoms with van der Waals surface area (Å²) in [5.74, 6) is 0.0671. The highest BCUT2D eigenvalue weighted by molar-refractivity contribution is 14.1. The third-order valence-corrected chi connectivity index (χ3v) is 3.42. The standard InChI is InChI=1S/C11H13IN2O2/c12-8-1-2-9(13)10(4-8)14-5-7(6-15)3-11(14)16/h1-2,4,7,15H,3,5-6,13H2. The van der Waals surface area contributed by atoms with E-state index in [1.54, 1.807) is 11.0 Å². The summed E-state index contributed by atoms with van der Waals surface area (Å²) in [6.45, 7) is 0.603. The van der Waals surface area contributed by atoms with Crippen LogP contribution in [0, 0.1) is 9.49 Å². The van der Waals surface area contributed by atoms with Gasteiger partial charge in [0.25, 0.3) is 0 Å². The average molecular weight is 332 g/mol. The van der Waals surface area contributed by atoms with E-state index in [1.165, 1.54) is 0 Å². The van der Waals surface area contributed by atoms with E-state index in [1.807, 2.05) is 12.1 Å². The summed E-state index contributed by atoms with van der Waals surface area (Å²) in [5.41, 5.74) is 7.22. The zero-order valence-electron chi connectivity index (χ0n) is 8.69. The van der Waals surface area contributed by atoms with E-state index < -0.39 is 0 Å². The zero-order valence-corrected chi connectivity index (χ0v) is 10.8. The van der Waals surface area contributed by atoms with E-state index in [2.05, 4.69) is 22.6 Å². The normalized spacial score (nSPS) is 20.5. The molecule has 1 aliphatic rings. The van der Waals surface area contributed by atoms with Gasteiger partial charge in [0.15, 0.2) is 0 Å². The topological polar surface area (TPSA) is 66.6 Å². The minimum absolute atomic E-state index is 0.0322. The fourth-order valence-electron chi connectivity index (χ4n) is 1.89. The molecule has 1 fully saturated rings. The van der Waals surface area contributed by atoms with Crippen molar-refractivity contribution in [2.75, 3.05) is 23.8 Å². The Hall–Kier alpha value is -0.820. The number of carbonyl (C=O) groups excluding carboxylic acids is 1. The van der Waals surface area contributed by atoms with Crippen LogP contribution in [0.2, 0.25) is 0 Å². The molecule has 0 aliphatic carbocycles. The molecule has 1 aromatic rings. The van der Waals surface area contributed by atoms with Crippen LogP contribution in [0.25, 0.3) is 0 Å². The predicted molar refractivity (Wildman–Crippen MR) is 71.1 cm³/mol. The summed E-state index contributed by atoms with van der Waals surface area (Å²) < 4.78 is 1.04. The monoisotopic (exact) mass is 332 g/mol. The number of carbonyl (C=O) groups is 1. The SMILES string of the molecule is Nc1ccc(I)cc1N1CC(CO)CC1=O. The Morgan fingerprint density at radius 2 is 2.31 bits per heavy atom. The molecule has 5 heteroatoms. The molecule has 3 N–H and O–H groups in total. The Labute approximate surface area is 108 Å². The summed E-state index contributed by atoms with van der Waals surface area (Å²) in [6, 6.07) is 5.60. The minimum Gasteiger partial charge on any atom is -0.397 e. The molecule has 1 aliphatic heterocycles. The van der Waals surface area contributed by atoms with Crippen LogP contribution in [-0.2, 0) is 4.79 Å². The fourth-order valence-corrected chi connectivity index (χ4v) is 2.36. The van der Waals surface area contributed by atoms with Gasteiger partial charge in [0.1, 0.15) is 0 Å². The number of nitrogens with two attached hydrogens (primary N) is 1. The first kappa shape index (κ1) is 11.7. The molecule has 0 spiro atoms. The summed E-state index contributed by atoms with van der Waals surface area (Å²) in [6.07, 6.45) is 0.404. The van der Waals surface area contributed by atoms with Gasteiger partial charge in [-0.1, -0.05) is 0 Å². The molecule has 86 valence electrons. The van der Waals surface area contributed by atoms with Crippen molar-refractivity contribution >= 4 is 39.9 Å². The van der Waals surface area contributed by atoms with E-state index in [0.717, 1.165) is 9.26 Å². The molecule has 0 bridgehead atoms. The number of hydrogen-bond donors (Lipinski definition) is 2. The average Bonchev–Trinajstić information content (AvgIpc) is 2.63. The Morgan fingerprint density at radius 1 is 1.56 bits per heavy atom. The first-order chi connectivity index (χ1) is 7.61. The summed E-state index contributed by atoms with van der Waals surface area (Å²) >= 11 is 2.19. The van der Waals surface area contributed by atoms with Gasteiger partial charge in [-0.05, 0) is 40.8 Å². The summed E-state index contributed by atoms with van der Waals surface area (Å²) in [5, 5.41) is 9.06. The number of nitrogen functional groups attached to an aromatic ring is 1. The van der Waals surface area contributed by atoms with Gasteiger partial charge in [0, 0.05) is 29.1 Å². The lowest BCUT2D eigenvalue weighted by molar-refractivity contribution is -0.117. The number of benzene rings is 1. The Bertz CT molecular complexity index is 422. The van der Waals surface area contributed by atoms with Crippen LogP contribution in [0.4, 0.5) is 11.4 Å². The number of nitrogens with zero attached hydrogens (tertiary/aromatic N) is 1. The summed E-state index contributed by atoms with van der Waals surface area (Å²) in [7, 11) is 0. The first-order valence-electron chi connectivity index (χ1n) is 5.08. The number of aliphatic hydroxyl groups excluding tert-OH is 1. The Balaban J connectivity index is 2.30. The van der Waals surface area contributed by atoms with Crippen molar-refractivity contribution in [1.82, 2.24) is 0 Å². The van der Waals surface area contributed by atoms with Crippen molar-refractivity contribution < 1.29 is 9.90 Å². The van der Waals surface area contributed by atoms with Gasteiger partial charge < -0.3 is 15.7 Å². The van der Waals surface area contributed by atoms with Crippen molar-refractivity contribution in [2.24, 2.45) is 5.92 Å². The van der Waals surface area contributed by atoms with Gasteiger partial charge in [-0.15, -0.1) is 0 Å². The van der Waals surface area contributed by atoms with Gasteiger partial charge >= 0.3 is 0 Å². The van der Waals surface area contributed by atoms with E-state index in [4.69, 9.17) is 10.8 Å². The largest absolute Gasteiger partial charge is 0.397 e. The van der Waals surface area contributed by atoms with Gasteiger partial charge in [-0.2, -0.15) is 0 Å². The highest BCUT2D eigenvalue weighted by atomic mass is 127. The van der Waals surface area contributed by atoms with Crippen molar-refractivity contribution in [3.63, 3.8) is 0 Å². The third kappa shape index (κ3) is 2.15. The quantitative estimate of drug-likeness (QED) is 0.632. The van der Waals surface area contributed by atoms with Gasteiger partial charge in [-0.25, -0.2) is 0 Å². The molecule has 16 heavy (non-hydrogen) atoms. The highest BCUT2D eigenvalue weighted by Crippen LogP contribution is 2.30. The second-order valence-corrected chi connectivity index (χ2v) is 5.21. The van der Waals surface area contributed by atoms with Crippen LogP contribution in [0.15, 0.2) is 18.2 Å². The van der Waals surface area contributed by atoms with Crippen LogP contribution < -0.4 is 10.6 Å². The van der Waals surface area contributed by atoms with E-state index >= 15 is 0 Å². The van der Waals surface area contributed by atoms with Crippen LogP contribution in [0.1, 0.15) is 6.42 Å². The molecule has 0 radical (unpaired) electrons. The second kappa shape index (κ2) is 4.58. The lowest BCUT2D eigenvalue weighted by Gasteiger charge is -2.18. The van der Waals surface area contributed by atoms with E-state index in [9.17, 15) is 4.79 Å². The maximum atomic E-state index is 11.8. The van der Waals surface area contributed by atoms with Gasteiger partial charge in [0.2, 0.25) is 5.91 Å². The van der Waals surface area contributed by atoms with Crippen LogP contribution in [0.3, 0.4) is 0 Å². The summed E-state index contributed by atoms with van der Waals surface area (Å²) in [4.78, 5) is 13.4. The molecule has 4 nitrogen and oxygen atoms in total. The minimum atomic E-state index is 0.0322. The lowest BCUT2D eigenvalue weighted by atomic mass is 10.1. The first-order valence-corrected chi connectivity index (χ1v) is 6.16. The number of halogens is 1. The number of hydrogen-bond acceptors (Lipinski definition) is 3. The maximum absolute atomic E-state index is 11.8. The van der Waals surface area contributed by atoms with Crippen molar-refractivity contribution in [3.05, 3.63) is 21.8 Å². The molecular weight excluding hydrogens is 319 g/mol. The zero-order chi connectivity index (χ0) is 11.7. The molecule has 2 rings (SSSR count). The Kier molecular flexibility index (Phi) is 3.34. The van der Waals surface area contributed by atoms with Crippen LogP contribution >= 0.6 is 22.6 Å². The molecule has 1 heterocycles.